The van der Waals surface area contributed by atoms with Crippen molar-refractivity contribution in [3.8, 4) is 0 Å². The maximum Gasteiger partial charge on any atom is 0.194 e. The summed E-state index contributed by atoms with van der Waals surface area (Å²) in [5.74, 6) is -3.66. The number of hydrogen-bond acceptors (Lipinski definition) is 0. The highest BCUT2D eigenvalue weighted by atomic mass is 127. The molecule has 4 heteroatoms. The normalized spacial score (nSPS) is 10.2. The van der Waals surface area contributed by atoms with Gasteiger partial charge in [-0.2, -0.15) is 0 Å². The molecule has 1 aromatic rings. The molecule has 0 aliphatic heterocycles. The highest BCUT2D eigenvalue weighted by Crippen LogP contribution is 2.15. The van der Waals surface area contributed by atoms with Crippen LogP contribution in [0, 0.1) is 17.5 Å². The predicted octanol–water partition coefficient (Wildman–Crippen LogP) is 3.04. The van der Waals surface area contributed by atoms with Crippen LogP contribution in [-0.4, -0.2) is 0 Å². The fourth-order valence-electron chi connectivity index (χ4n) is 0.685. The average Bonchev–Trinajstić information content (AvgIpc) is 1.99. The Hall–Kier alpha value is -0.260. The van der Waals surface area contributed by atoms with Gasteiger partial charge in [0, 0.05) is 4.43 Å². The molecule has 0 spiro atoms. The summed E-state index contributed by atoms with van der Waals surface area (Å²) in [6, 6.07) is 1.98. The fraction of sp³-hybridized carbons (Fsp3) is 0.143. The zero-order valence-electron chi connectivity index (χ0n) is 5.37. The molecule has 0 aliphatic rings. The van der Waals surface area contributed by atoms with Crippen molar-refractivity contribution in [2.45, 2.75) is 4.43 Å². The van der Waals surface area contributed by atoms with E-state index in [9.17, 15) is 13.2 Å². The minimum absolute atomic E-state index is 0.446. The van der Waals surface area contributed by atoms with Crippen molar-refractivity contribution in [2.75, 3.05) is 0 Å². The van der Waals surface area contributed by atoms with Crippen molar-refractivity contribution >= 4 is 22.6 Å². The highest BCUT2D eigenvalue weighted by Gasteiger charge is 2.08. The van der Waals surface area contributed by atoms with Crippen LogP contribution in [-0.2, 0) is 4.43 Å². The Morgan fingerprint density at radius 1 is 1.09 bits per heavy atom. The van der Waals surface area contributed by atoms with E-state index in [0.717, 1.165) is 12.1 Å². The van der Waals surface area contributed by atoms with Crippen molar-refractivity contribution in [3.05, 3.63) is 35.1 Å². The van der Waals surface area contributed by atoms with Crippen LogP contribution < -0.4 is 0 Å². The molecule has 0 nitrogen and oxygen atoms in total. The average molecular weight is 272 g/mol. The van der Waals surface area contributed by atoms with Gasteiger partial charge in [0.05, 0.1) is 0 Å². The lowest BCUT2D eigenvalue weighted by molar-refractivity contribution is 0.446. The van der Waals surface area contributed by atoms with E-state index >= 15 is 0 Å². The molecule has 0 fully saturated rings. The van der Waals surface area contributed by atoms with Gasteiger partial charge in [-0.25, -0.2) is 13.2 Å². The smallest absolute Gasteiger partial charge is 0.194 e. The van der Waals surface area contributed by atoms with E-state index in [4.69, 9.17) is 0 Å². The molecule has 11 heavy (non-hydrogen) atoms. The van der Waals surface area contributed by atoms with Crippen LogP contribution in [0.5, 0.6) is 0 Å². The van der Waals surface area contributed by atoms with E-state index in [-0.39, 0.29) is 0 Å². The largest absolute Gasteiger partial charge is 0.204 e. The van der Waals surface area contributed by atoms with Gasteiger partial charge in [0.1, 0.15) is 0 Å². The Morgan fingerprint density at radius 3 is 1.91 bits per heavy atom. The topological polar surface area (TPSA) is 0 Å². The summed E-state index contributed by atoms with van der Waals surface area (Å²) >= 11 is 1.94. The molecule has 0 bridgehead atoms. The molecule has 0 N–H and O–H groups in total. The van der Waals surface area contributed by atoms with Crippen LogP contribution >= 0.6 is 22.6 Å². The molecule has 0 saturated heterocycles. The van der Waals surface area contributed by atoms with Gasteiger partial charge >= 0.3 is 0 Å². The van der Waals surface area contributed by atoms with Gasteiger partial charge in [0.15, 0.2) is 17.5 Å². The molecule has 0 aromatic heterocycles. The monoisotopic (exact) mass is 272 g/mol. The van der Waals surface area contributed by atoms with Crippen LogP contribution in [0.3, 0.4) is 0 Å². The molecule has 60 valence electrons. The molecular weight excluding hydrogens is 268 g/mol. The quantitative estimate of drug-likeness (QED) is 0.419. The second-order valence-electron chi connectivity index (χ2n) is 2.01. The number of alkyl halides is 1. The predicted molar refractivity (Wildman–Crippen MR) is 44.0 cm³/mol. The fourth-order valence-corrected chi connectivity index (χ4v) is 1.13. The summed E-state index contributed by atoms with van der Waals surface area (Å²) in [4.78, 5) is 0. The third kappa shape index (κ3) is 1.85. The lowest BCUT2D eigenvalue weighted by Crippen LogP contribution is -1.92. The molecule has 0 amide bonds. The van der Waals surface area contributed by atoms with Gasteiger partial charge in [-0.15, -0.1) is 0 Å². The van der Waals surface area contributed by atoms with E-state index in [0.29, 0.717) is 9.99 Å². The van der Waals surface area contributed by atoms with E-state index in [1.165, 1.54) is 0 Å². The third-order valence-electron chi connectivity index (χ3n) is 1.20. The minimum atomic E-state index is -1.40. The Kier molecular flexibility index (Phi) is 2.75. The van der Waals surface area contributed by atoms with Crippen LogP contribution in [0.1, 0.15) is 5.56 Å². The van der Waals surface area contributed by atoms with Crippen LogP contribution in [0.25, 0.3) is 0 Å². The first-order chi connectivity index (χ1) is 5.15. The molecule has 1 rings (SSSR count). The first kappa shape index (κ1) is 8.83. The molecule has 0 heterocycles. The van der Waals surface area contributed by atoms with Gasteiger partial charge in [0.25, 0.3) is 0 Å². The van der Waals surface area contributed by atoms with Crippen LogP contribution in [0.15, 0.2) is 12.1 Å². The van der Waals surface area contributed by atoms with E-state index in [2.05, 4.69) is 0 Å². The summed E-state index contributed by atoms with van der Waals surface area (Å²) in [6.07, 6.45) is 0. The zero-order valence-corrected chi connectivity index (χ0v) is 7.53. The SMILES string of the molecule is Fc1cc(CI)cc(F)c1F. The maximum absolute atomic E-state index is 12.4. The lowest BCUT2D eigenvalue weighted by atomic mass is 10.2. The summed E-state index contributed by atoms with van der Waals surface area (Å²) in [6.45, 7) is 0. The second-order valence-corrected chi connectivity index (χ2v) is 2.77. The van der Waals surface area contributed by atoms with Gasteiger partial charge in [-0.3, -0.25) is 0 Å². The number of hydrogen-bond donors (Lipinski definition) is 0. The second kappa shape index (κ2) is 3.42. The molecule has 0 aliphatic carbocycles. The molecule has 0 unspecified atom stereocenters. The number of rotatable bonds is 1. The van der Waals surface area contributed by atoms with Crippen LogP contribution in [0.2, 0.25) is 0 Å². The summed E-state index contributed by atoms with van der Waals surface area (Å²) in [7, 11) is 0. The summed E-state index contributed by atoms with van der Waals surface area (Å²) < 4.78 is 37.6. The van der Waals surface area contributed by atoms with Crippen molar-refractivity contribution in [3.63, 3.8) is 0 Å². The van der Waals surface area contributed by atoms with Gasteiger partial charge in [-0.05, 0) is 17.7 Å². The minimum Gasteiger partial charge on any atom is -0.204 e. The van der Waals surface area contributed by atoms with Crippen molar-refractivity contribution in [2.24, 2.45) is 0 Å². The first-order valence-corrected chi connectivity index (χ1v) is 4.37. The molecule has 0 radical (unpaired) electrons. The molecule has 1 aromatic carbocycles. The number of halogens is 4. The van der Waals surface area contributed by atoms with Gasteiger partial charge in [-0.1, -0.05) is 22.6 Å². The zero-order chi connectivity index (χ0) is 8.43. The summed E-state index contributed by atoms with van der Waals surface area (Å²) in [5.41, 5.74) is 0.446. The van der Waals surface area contributed by atoms with Crippen molar-refractivity contribution in [1.82, 2.24) is 0 Å². The Balaban J connectivity index is 3.21. The van der Waals surface area contributed by atoms with E-state index < -0.39 is 17.5 Å². The lowest BCUT2D eigenvalue weighted by Gasteiger charge is -1.97. The Morgan fingerprint density at radius 2 is 1.55 bits per heavy atom. The van der Waals surface area contributed by atoms with Crippen molar-refractivity contribution in [1.29, 1.82) is 0 Å². The van der Waals surface area contributed by atoms with Gasteiger partial charge in [0.2, 0.25) is 0 Å². The molecule has 0 saturated carbocycles. The highest BCUT2D eigenvalue weighted by molar-refractivity contribution is 14.1. The van der Waals surface area contributed by atoms with E-state index in [1.807, 2.05) is 22.6 Å². The molecular formula is C7H4F3I. The van der Waals surface area contributed by atoms with Crippen LogP contribution in [0.4, 0.5) is 13.2 Å². The van der Waals surface area contributed by atoms with E-state index in [1.54, 1.807) is 0 Å². The number of benzene rings is 1. The Labute approximate surface area is 75.6 Å². The summed E-state index contributed by atoms with van der Waals surface area (Å²) in [5, 5.41) is 0. The first-order valence-electron chi connectivity index (χ1n) is 2.84. The van der Waals surface area contributed by atoms with Gasteiger partial charge < -0.3 is 0 Å². The Bertz CT molecular complexity index is 249. The maximum atomic E-state index is 12.4. The standard InChI is InChI=1S/C7H4F3I/c8-5-1-4(3-11)2-6(9)7(5)10/h1-2H,3H2. The third-order valence-corrected chi connectivity index (χ3v) is 2.08. The van der Waals surface area contributed by atoms with Crippen molar-refractivity contribution < 1.29 is 13.2 Å². The molecule has 0 atom stereocenters.